The van der Waals surface area contributed by atoms with Crippen LogP contribution in [0, 0.1) is 13.8 Å². The molecular formula is C10H10Se. The normalized spacial score (nSPS) is 10.7. The van der Waals surface area contributed by atoms with E-state index in [9.17, 15) is 0 Å². The van der Waals surface area contributed by atoms with Gasteiger partial charge in [-0.25, -0.2) is 0 Å². The second kappa shape index (κ2) is 2.51. The van der Waals surface area contributed by atoms with E-state index in [0.29, 0.717) is 14.5 Å². The van der Waals surface area contributed by atoms with Crippen molar-refractivity contribution >= 4 is 25.3 Å². The summed E-state index contributed by atoms with van der Waals surface area (Å²) < 4.78 is 0. The third-order valence-corrected chi connectivity index (χ3v) is 3.80. The fraction of sp³-hybridized carbons (Fsp3) is 0.200. The van der Waals surface area contributed by atoms with Crippen molar-refractivity contribution in [3.05, 3.63) is 33.1 Å². The van der Waals surface area contributed by atoms with Gasteiger partial charge in [-0.2, -0.15) is 0 Å². The molecule has 1 heteroatoms. The van der Waals surface area contributed by atoms with Gasteiger partial charge in [0.25, 0.3) is 0 Å². The standard InChI is InChI=1S/C10H10Se/c1-7-3-4-9-5-11-6-10(9)8(7)2/h3-6H,1-2H3. The summed E-state index contributed by atoms with van der Waals surface area (Å²) in [5.74, 6) is 0. The molecule has 0 bridgehead atoms. The number of hydrogen-bond acceptors (Lipinski definition) is 0. The van der Waals surface area contributed by atoms with Gasteiger partial charge < -0.3 is 0 Å². The van der Waals surface area contributed by atoms with Crippen LogP contribution in [0.25, 0.3) is 10.8 Å². The van der Waals surface area contributed by atoms with Crippen molar-refractivity contribution in [2.75, 3.05) is 0 Å². The quantitative estimate of drug-likeness (QED) is 0.585. The second-order valence-electron chi connectivity index (χ2n) is 2.88. The summed E-state index contributed by atoms with van der Waals surface area (Å²) in [6, 6.07) is 4.43. The van der Waals surface area contributed by atoms with E-state index in [-0.39, 0.29) is 0 Å². The molecule has 0 atom stereocenters. The average molecular weight is 209 g/mol. The Morgan fingerprint density at radius 1 is 1.09 bits per heavy atom. The Balaban J connectivity index is 2.93. The predicted molar refractivity (Wildman–Crippen MR) is 50.4 cm³/mol. The van der Waals surface area contributed by atoms with Crippen LogP contribution in [0.3, 0.4) is 0 Å². The van der Waals surface area contributed by atoms with E-state index < -0.39 is 0 Å². The topological polar surface area (TPSA) is 0 Å². The first-order valence-electron chi connectivity index (χ1n) is 3.71. The van der Waals surface area contributed by atoms with Crippen molar-refractivity contribution in [1.29, 1.82) is 0 Å². The molecule has 0 N–H and O–H groups in total. The summed E-state index contributed by atoms with van der Waals surface area (Å²) in [6.07, 6.45) is 0. The van der Waals surface area contributed by atoms with E-state index in [0.717, 1.165) is 0 Å². The zero-order chi connectivity index (χ0) is 7.84. The maximum absolute atomic E-state index is 2.37. The minimum absolute atomic E-state index is 0.612. The molecule has 0 spiro atoms. The van der Waals surface area contributed by atoms with Gasteiger partial charge in [0.15, 0.2) is 0 Å². The molecule has 2 aromatic rings. The Bertz CT molecular complexity index is 385. The molecule has 56 valence electrons. The Morgan fingerprint density at radius 2 is 1.91 bits per heavy atom. The number of fused-ring (bicyclic) bond motifs is 1. The third-order valence-electron chi connectivity index (χ3n) is 2.20. The summed E-state index contributed by atoms with van der Waals surface area (Å²) in [5.41, 5.74) is 2.87. The van der Waals surface area contributed by atoms with Crippen LogP contribution in [0.1, 0.15) is 11.1 Å². The van der Waals surface area contributed by atoms with Crippen LogP contribution in [0.4, 0.5) is 0 Å². The van der Waals surface area contributed by atoms with Crippen molar-refractivity contribution in [1.82, 2.24) is 0 Å². The minimum atomic E-state index is 0.612. The zero-order valence-electron chi connectivity index (χ0n) is 6.72. The SMILES string of the molecule is Cc1ccc2c[se]cc2c1C. The summed E-state index contributed by atoms with van der Waals surface area (Å²) in [7, 11) is 0. The van der Waals surface area contributed by atoms with Crippen molar-refractivity contribution in [3.63, 3.8) is 0 Å². The van der Waals surface area contributed by atoms with E-state index in [4.69, 9.17) is 0 Å². The van der Waals surface area contributed by atoms with Crippen LogP contribution in [-0.4, -0.2) is 14.5 Å². The molecule has 1 heterocycles. The van der Waals surface area contributed by atoms with Crippen molar-refractivity contribution in [2.45, 2.75) is 13.8 Å². The van der Waals surface area contributed by atoms with Crippen LogP contribution in [0.5, 0.6) is 0 Å². The van der Waals surface area contributed by atoms with Crippen LogP contribution in [0.15, 0.2) is 22.0 Å². The van der Waals surface area contributed by atoms with E-state index in [1.54, 1.807) is 0 Å². The molecule has 0 unspecified atom stereocenters. The fourth-order valence-corrected chi connectivity index (χ4v) is 3.12. The number of benzene rings is 1. The van der Waals surface area contributed by atoms with Crippen molar-refractivity contribution in [3.8, 4) is 0 Å². The van der Waals surface area contributed by atoms with Crippen LogP contribution in [0.2, 0.25) is 0 Å². The van der Waals surface area contributed by atoms with E-state index >= 15 is 0 Å². The first kappa shape index (κ1) is 7.15. The molecule has 0 saturated carbocycles. The fourth-order valence-electron chi connectivity index (χ4n) is 1.29. The van der Waals surface area contributed by atoms with Gasteiger partial charge in [-0.3, -0.25) is 0 Å². The summed E-state index contributed by atoms with van der Waals surface area (Å²) >= 11 is 0.612. The first-order valence-corrected chi connectivity index (χ1v) is 5.69. The number of aryl methyl sites for hydroxylation is 2. The monoisotopic (exact) mass is 210 g/mol. The van der Waals surface area contributed by atoms with E-state index in [2.05, 4.69) is 35.9 Å². The van der Waals surface area contributed by atoms with Crippen LogP contribution >= 0.6 is 0 Å². The first-order chi connectivity index (χ1) is 5.29. The maximum atomic E-state index is 2.37. The molecule has 0 fully saturated rings. The Labute approximate surface area is 72.6 Å². The van der Waals surface area contributed by atoms with Crippen LogP contribution in [-0.2, 0) is 0 Å². The molecule has 0 amide bonds. The van der Waals surface area contributed by atoms with Gasteiger partial charge in [-0.05, 0) is 0 Å². The molecular weight excluding hydrogens is 199 g/mol. The summed E-state index contributed by atoms with van der Waals surface area (Å²) in [4.78, 5) is 4.71. The third kappa shape index (κ3) is 1.05. The molecule has 0 nitrogen and oxygen atoms in total. The van der Waals surface area contributed by atoms with E-state index in [1.165, 1.54) is 21.9 Å². The average Bonchev–Trinajstić information content (AvgIpc) is 2.45. The van der Waals surface area contributed by atoms with Gasteiger partial charge >= 0.3 is 72.3 Å². The molecule has 0 aliphatic carbocycles. The van der Waals surface area contributed by atoms with Gasteiger partial charge in [0, 0.05) is 0 Å². The number of rotatable bonds is 0. The molecule has 1 aromatic carbocycles. The molecule has 0 radical (unpaired) electrons. The number of hydrogen-bond donors (Lipinski definition) is 0. The Kier molecular flexibility index (Phi) is 1.63. The second-order valence-corrected chi connectivity index (χ2v) is 4.44. The molecule has 2 rings (SSSR count). The van der Waals surface area contributed by atoms with Gasteiger partial charge in [0.2, 0.25) is 0 Å². The Morgan fingerprint density at radius 3 is 2.73 bits per heavy atom. The van der Waals surface area contributed by atoms with Gasteiger partial charge in [0.1, 0.15) is 0 Å². The van der Waals surface area contributed by atoms with Gasteiger partial charge in [-0.15, -0.1) is 0 Å². The van der Waals surface area contributed by atoms with Gasteiger partial charge in [-0.1, -0.05) is 0 Å². The molecule has 1 aromatic heterocycles. The summed E-state index contributed by atoms with van der Waals surface area (Å²) in [6.45, 7) is 4.38. The molecule has 0 aliphatic heterocycles. The van der Waals surface area contributed by atoms with Gasteiger partial charge in [0.05, 0.1) is 0 Å². The summed E-state index contributed by atoms with van der Waals surface area (Å²) in [5, 5.41) is 2.91. The van der Waals surface area contributed by atoms with E-state index in [1.807, 2.05) is 0 Å². The zero-order valence-corrected chi connectivity index (χ0v) is 8.43. The Hall–Kier alpha value is -0.521. The molecule has 0 saturated heterocycles. The van der Waals surface area contributed by atoms with Crippen LogP contribution < -0.4 is 0 Å². The van der Waals surface area contributed by atoms with Crippen molar-refractivity contribution in [2.24, 2.45) is 0 Å². The molecule has 0 aliphatic rings. The van der Waals surface area contributed by atoms with Crippen molar-refractivity contribution < 1.29 is 0 Å². The molecule has 11 heavy (non-hydrogen) atoms. The predicted octanol–water partition coefficient (Wildman–Crippen LogP) is 2.51.